The van der Waals surface area contributed by atoms with Crippen LogP contribution in [0.2, 0.25) is 0 Å². The van der Waals surface area contributed by atoms with Crippen LogP contribution in [0.3, 0.4) is 0 Å². The van der Waals surface area contributed by atoms with E-state index in [0.29, 0.717) is 11.1 Å². The van der Waals surface area contributed by atoms with Crippen molar-refractivity contribution in [1.29, 1.82) is 0 Å². The summed E-state index contributed by atoms with van der Waals surface area (Å²) in [5.74, 6) is -0.908. The molecule has 0 radical (unpaired) electrons. The highest BCUT2D eigenvalue weighted by molar-refractivity contribution is 14.1. The molecular formula is C14H15IO4. The number of carbonyl (C=O) groups is 2. The molecule has 0 unspecified atom stereocenters. The van der Waals surface area contributed by atoms with E-state index in [9.17, 15) is 9.59 Å². The molecule has 0 amide bonds. The number of rotatable bonds is 6. The van der Waals surface area contributed by atoms with Gasteiger partial charge in [-0.2, -0.15) is 0 Å². The van der Waals surface area contributed by atoms with Crippen molar-refractivity contribution in [3.05, 3.63) is 47.5 Å². The second-order valence-corrected chi connectivity index (χ2v) is 4.65. The maximum absolute atomic E-state index is 11.6. The summed E-state index contributed by atoms with van der Waals surface area (Å²) in [5, 5.41) is 0. The van der Waals surface area contributed by atoms with Crippen molar-refractivity contribution < 1.29 is 19.1 Å². The zero-order chi connectivity index (χ0) is 14.3. The average Bonchev–Trinajstić information content (AvgIpc) is 2.43. The van der Waals surface area contributed by atoms with E-state index in [1.54, 1.807) is 19.1 Å². The molecule has 1 aromatic carbocycles. The number of halogens is 1. The zero-order valence-electron chi connectivity index (χ0n) is 10.6. The van der Waals surface area contributed by atoms with Crippen LogP contribution in [0, 0.1) is 0 Å². The lowest BCUT2D eigenvalue weighted by Crippen LogP contribution is -2.14. The number of esters is 2. The van der Waals surface area contributed by atoms with Gasteiger partial charge in [0.05, 0.1) is 5.56 Å². The van der Waals surface area contributed by atoms with Crippen LogP contribution >= 0.6 is 22.6 Å². The minimum atomic E-state index is -0.484. The van der Waals surface area contributed by atoms with Crippen LogP contribution in [0.15, 0.2) is 36.4 Å². The predicted octanol–water partition coefficient (Wildman–Crippen LogP) is 2.90. The molecule has 4 nitrogen and oxygen atoms in total. The first kappa shape index (κ1) is 15.7. The van der Waals surface area contributed by atoms with Gasteiger partial charge in [0.25, 0.3) is 0 Å². The fourth-order valence-corrected chi connectivity index (χ4v) is 1.71. The normalized spacial score (nSPS) is 9.79. The Morgan fingerprint density at radius 3 is 2.26 bits per heavy atom. The Labute approximate surface area is 125 Å². The van der Waals surface area contributed by atoms with Gasteiger partial charge in [-0.1, -0.05) is 41.3 Å². The summed E-state index contributed by atoms with van der Waals surface area (Å²) in [6.07, 6.45) is 0. The van der Waals surface area contributed by atoms with Gasteiger partial charge in [-0.15, -0.1) is 0 Å². The Hall–Kier alpha value is -1.37. The first-order valence-electron chi connectivity index (χ1n) is 5.69. The number of ether oxygens (including phenoxy) is 2. The Morgan fingerprint density at radius 2 is 1.74 bits per heavy atom. The van der Waals surface area contributed by atoms with E-state index in [0.717, 1.165) is 9.99 Å². The first-order valence-corrected chi connectivity index (χ1v) is 7.22. The van der Waals surface area contributed by atoms with Crippen LogP contribution in [0.25, 0.3) is 0 Å². The minimum Gasteiger partial charge on any atom is -0.459 e. The molecule has 0 bridgehead atoms. The molecule has 0 fully saturated rings. The summed E-state index contributed by atoms with van der Waals surface area (Å²) in [4.78, 5) is 22.7. The third-order valence-electron chi connectivity index (χ3n) is 2.24. The summed E-state index contributed by atoms with van der Waals surface area (Å²) in [6.45, 7) is 5.07. The minimum absolute atomic E-state index is 0.0310. The molecule has 5 heteroatoms. The molecule has 102 valence electrons. The smallest absolute Gasteiger partial charge is 0.338 e. The molecule has 0 heterocycles. The number of benzene rings is 1. The van der Waals surface area contributed by atoms with E-state index in [-0.39, 0.29) is 13.2 Å². The quantitative estimate of drug-likeness (QED) is 0.253. The van der Waals surface area contributed by atoms with Gasteiger partial charge in [-0.05, 0) is 24.6 Å². The maximum atomic E-state index is 11.6. The van der Waals surface area contributed by atoms with E-state index >= 15 is 0 Å². The van der Waals surface area contributed by atoms with Crippen molar-refractivity contribution in [2.24, 2.45) is 0 Å². The monoisotopic (exact) mass is 374 g/mol. The van der Waals surface area contributed by atoms with Crippen LogP contribution in [-0.4, -0.2) is 25.2 Å². The molecule has 0 aliphatic rings. The molecule has 1 aromatic rings. The van der Waals surface area contributed by atoms with Gasteiger partial charge in [-0.25, -0.2) is 9.59 Å². The third-order valence-corrected chi connectivity index (χ3v) is 3.12. The number of carbonyl (C=O) groups excluding carboxylic acids is 2. The lowest BCUT2D eigenvalue weighted by atomic mass is 10.1. The second-order valence-electron chi connectivity index (χ2n) is 3.88. The van der Waals surface area contributed by atoms with Crippen LogP contribution in [-0.2, 0) is 18.7 Å². The lowest BCUT2D eigenvalue weighted by molar-refractivity contribution is -0.140. The van der Waals surface area contributed by atoms with E-state index in [4.69, 9.17) is 9.47 Å². The molecule has 1 rings (SSSR count). The third kappa shape index (κ3) is 5.42. The zero-order valence-corrected chi connectivity index (χ0v) is 12.8. The van der Waals surface area contributed by atoms with E-state index in [1.165, 1.54) is 0 Å². The largest absolute Gasteiger partial charge is 0.459 e. The Bertz CT molecular complexity index is 465. The summed E-state index contributed by atoms with van der Waals surface area (Å²) in [5.41, 5.74) is 1.95. The highest BCUT2D eigenvalue weighted by Gasteiger charge is 2.08. The van der Waals surface area contributed by atoms with Crippen molar-refractivity contribution in [3.63, 3.8) is 0 Å². The van der Waals surface area contributed by atoms with Crippen molar-refractivity contribution in [2.75, 3.05) is 13.2 Å². The fourth-order valence-electron chi connectivity index (χ4n) is 1.21. The topological polar surface area (TPSA) is 52.6 Å². The first-order chi connectivity index (χ1) is 9.04. The van der Waals surface area contributed by atoms with Crippen molar-refractivity contribution in [2.45, 2.75) is 11.4 Å². The van der Waals surface area contributed by atoms with Crippen LogP contribution in [0.1, 0.15) is 22.8 Å². The fraction of sp³-hybridized carbons (Fsp3) is 0.286. The lowest BCUT2D eigenvalue weighted by Gasteiger charge is -2.06. The molecule has 0 saturated heterocycles. The van der Waals surface area contributed by atoms with Gasteiger partial charge in [-0.3, -0.25) is 0 Å². The summed E-state index contributed by atoms with van der Waals surface area (Å²) in [6, 6.07) is 7.20. The number of hydrogen-bond acceptors (Lipinski definition) is 4. The Kier molecular flexibility index (Phi) is 6.55. The molecule has 0 saturated carbocycles. The van der Waals surface area contributed by atoms with E-state index in [2.05, 4.69) is 29.2 Å². The molecule has 0 aliphatic heterocycles. The van der Waals surface area contributed by atoms with Crippen molar-refractivity contribution in [1.82, 2.24) is 0 Å². The summed E-state index contributed by atoms with van der Waals surface area (Å²) >= 11 is 2.25. The molecule has 19 heavy (non-hydrogen) atoms. The summed E-state index contributed by atoms with van der Waals surface area (Å²) < 4.78 is 10.7. The van der Waals surface area contributed by atoms with Gasteiger partial charge in [0.1, 0.15) is 13.2 Å². The molecular weight excluding hydrogens is 359 g/mol. The molecule has 0 N–H and O–H groups in total. The second kappa shape index (κ2) is 7.93. The van der Waals surface area contributed by atoms with E-state index < -0.39 is 11.9 Å². The highest BCUT2D eigenvalue weighted by atomic mass is 127. The standard InChI is InChI=1S/C14H15IO4/c1-10(2)13(16)18-7-8-19-14(17)12-5-3-11(9-15)4-6-12/h3-6H,1,7-9H2,2H3. The summed E-state index contributed by atoms with van der Waals surface area (Å²) in [7, 11) is 0. The van der Waals surface area contributed by atoms with Crippen LogP contribution < -0.4 is 0 Å². The average molecular weight is 374 g/mol. The van der Waals surface area contributed by atoms with Gasteiger partial charge in [0.2, 0.25) is 0 Å². The maximum Gasteiger partial charge on any atom is 0.338 e. The molecule has 0 atom stereocenters. The van der Waals surface area contributed by atoms with Crippen molar-refractivity contribution >= 4 is 34.5 Å². The molecule has 0 aliphatic carbocycles. The Balaban J connectivity index is 2.34. The molecule has 0 spiro atoms. The van der Waals surface area contributed by atoms with Crippen LogP contribution in [0.5, 0.6) is 0 Å². The SMILES string of the molecule is C=C(C)C(=O)OCCOC(=O)c1ccc(CI)cc1. The number of alkyl halides is 1. The molecule has 0 aromatic heterocycles. The van der Waals surface area contributed by atoms with E-state index in [1.807, 2.05) is 12.1 Å². The van der Waals surface area contributed by atoms with Gasteiger partial charge < -0.3 is 9.47 Å². The van der Waals surface area contributed by atoms with Gasteiger partial charge in [0, 0.05) is 10.0 Å². The number of hydrogen-bond donors (Lipinski definition) is 0. The predicted molar refractivity (Wildman–Crippen MR) is 80.2 cm³/mol. The Morgan fingerprint density at radius 1 is 1.16 bits per heavy atom. The van der Waals surface area contributed by atoms with Crippen LogP contribution in [0.4, 0.5) is 0 Å². The highest BCUT2D eigenvalue weighted by Crippen LogP contribution is 2.09. The van der Waals surface area contributed by atoms with Crippen molar-refractivity contribution in [3.8, 4) is 0 Å². The van der Waals surface area contributed by atoms with Gasteiger partial charge in [0.15, 0.2) is 0 Å². The van der Waals surface area contributed by atoms with Gasteiger partial charge >= 0.3 is 11.9 Å².